The van der Waals surface area contributed by atoms with Gasteiger partial charge in [-0.05, 0) is 48.0 Å². The molecule has 1 atom stereocenters. The highest BCUT2D eigenvalue weighted by Gasteiger charge is 2.32. The molecule has 0 bridgehead atoms. The summed E-state index contributed by atoms with van der Waals surface area (Å²) >= 11 is 3.50. The van der Waals surface area contributed by atoms with Crippen molar-refractivity contribution >= 4 is 29.0 Å². The number of benzene rings is 1. The van der Waals surface area contributed by atoms with E-state index in [0.29, 0.717) is 25.1 Å². The Bertz CT molecular complexity index is 1190. The number of likely N-dealkylation sites (N-methyl/N-ethyl adjacent to an activating group) is 1. The summed E-state index contributed by atoms with van der Waals surface area (Å²) in [5, 5.41) is 4.42. The third kappa shape index (κ3) is 3.83. The minimum atomic E-state index is -0.162. The van der Waals surface area contributed by atoms with Gasteiger partial charge >= 0.3 is 0 Å². The molecule has 0 N–H and O–H groups in total. The van der Waals surface area contributed by atoms with Crippen molar-refractivity contribution in [2.75, 3.05) is 32.7 Å². The molecule has 2 aromatic heterocycles. The summed E-state index contributed by atoms with van der Waals surface area (Å²) in [6.45, 7) is 8.13. The molecule has 0 aliphatic carbocycles. The smallest absolute Gasteiger partial charge is 0.259 e. The van der Waals surface area contributed by atoms with Crippen molar-refractivity contribution in [3.8, 4) is 5.69 Å². The number of thioether (sulfide) groups is 1. The summed E-state index contributed by atoms with van der Waals surface area (Å²) in [4.78, 5) is 32.3. The lowest BCUT2D eigenvalue weighted by atomic mass is 10.0. The van der Waals surface area contributed by atoms with Gasteiger partial charge < -0.3 is 14.4 Å². The quantitative estimate of drug-likeness (QED) is 0.576. The topological polar surface area (TPSA) is 45.5 Å². The van der Waals surface area contributed by atoms with Gasteiger partial charge in [0.2, 0.25) is 0 Å². The Morgan fingerprint density at radius 1 is 1.12 bits per heavy atom. The summed E-state index contributed by atoms with van der Waals surface area (Å²) in [6.07, 6.45) is 0.642. The SMILES string of the molecule is CCN1CCN(C(=O)c2c3n(c(C)cc2=O)-c2ccccc2SC(c2ccsc2)C3)CC1. The zero-order valence-electron chi connectivity index (χ0n) is 18.4. The molecule has 1 saturated heterocycles. The molecule has 32 heavy (non-hydrogen) atoms. The van der Waals surface area contributed by atoms with Crippen LogP contribution in [0.4, 0.5) is 0 Å². The van der Waals surface area contributed by atoms with Gasteiger partial charge in [-0.2, -0.15) is 11.3 Å². The fraction of sp³-hybridized carbons (Fsp3) is 0.360. The molecular formula is C25H27N3O2S2. The number of hydrogen-bond acceptors (Lipinski definition) is 5. The predicted octanol–water partition coefficient (Wildman–Crippen LogP) is 4.37. The van der Waals surface area contributed by atoms with E-state index in [1.807, 2.05) is 29.7 Å². The molecule has 2 aliphatic rings. The Morgan fingerprint density at radius 3 is 2.62 bits per heavy atom. The summed E-state index contributed by atoms with van der Waals surface area (Å²) in [5.41, 5.74) is 4.19. The van der Waals surface area contributed by atoms with E-state index >= 15 is 0 Å². The standard InChI is InChI=1S/C25H27N3O2S2/c1-3-26-9-11-27(12-10-26)25(30)24-20-15-23(18-8-13-31-16-18)32-22-7-5-4-6-19(22)28(20)17(2)14-21(24)29/h4-8,13-14,16,23H,3,9-12,15H2,1-2H3. The van der Waals surface area contributed by atoms with Crippen molar-refractivity contribution in [2.45, 2.75) is 30.4 Å². The molecule has 1 amide bonds. The van der Waals surface area contributed by atoms with E-state index in [1.54, 1.807) is 17.4 Å². The number of thiophene rings is 1. The number of aryl methyl sites for hydroxylation is 1. The minimum absolute atomic E-state index is 0.122. The molecule has 2 aliphatic heterocycles. The molecule has 0 saturated carbocycles. The maximum absolute atomic E-state index is 13.7. The molecule has 5 nitrogen and oxygen atoms in total. The van der Waals surface area contributed by atoms with Gasteiger partial charge in [-0.3, -0.25) is 9.59 Å². The average molecular weight is 466 g/mol. The third-order valence-corrected chi connectivity index (χ3v) is 8.51. The van der Waals surface area contributed by atoms with Crippen LogP contribution in [0.25, 0.3) is 5.69 Å². The monoisotopic (exact) mass is 465 g/mol. The van der Waals surface area contributed by atoms with Crippen LogP contribution >= 0.6 is 23.1 Å². The normalized spacial score (nSPS) is 18.7. The second-order valence-corrected chi connectivity index (χ2v) is 10.4. The first-order chi connectivity index (χ1) is 15.6. The fourth-order valence-electron chi connectivity index (χ4n) is 4.73. The van der Waals surface area contributed by atoms with Crippen molar-refractivity contribution in [3.05, 3.63) is 79.9 Å². The van der Waals surface area contributed by atoms with E-state index in [9.17, 15) is 9.59 Å². The lowest BCUT2D eigenvalue weighted by Crippen LogP contribution is -2.49. The van der Waals surface area contributed by atoms with Crippen molar-refractivity contribution in [1.29, 1.82) is 0 Å². The second-order valence-electron chi connectivity index (χ2n) is 8.37. The number of carbonyl (C=O) groups excluding carboxylic acids is 1. The van der Waals surface area contributed by atoms with Gasteiger partial charge in [-0.25, -0.2) is 0 Å². The van der Waals surface area contributed by atoms with Gasteiger partial charge in [0.05, 0.1) is 5.69 Å². The Balaban J connectivity index is 1.65. The average Bonchev–Trinajstić information content (AvgIpc) is 3.28. The Labute approximate surface area is 196 Å². The number of nitrogens with zero attached hydrogens (tertiary/aromatic N) is 3. The first-order valence-electron chi connectivity index (χ1n) is 11.1. The molecule has 1 fully saturated rings. The Kier molecular flexibility index (Phi) is 5.97. The molecule has 7 heteroatoms. The number of pyridine rings is 1. The maximum Gasteiger partial charge on any atom is 0.259 e. The van der Waals surface area contributed by atoms with Crippen LogP contribution in [-0.4, -0.2) is 53.0 Å². The number of aromatic nitrogens is 1. The number of rotatable bonds is 3. The highest BCUT2D eigenvalue weighted by Crippen LogP contribution is 2.44. The number of carbonyl (C=O) groups is 1. The van der Waals surface area contributed by atoms with Crippen LogP contribution in [0.15, 0.2) is 56.8 Å². The predicted molar refractivity (Wildman–Crippen MR) is 131 cm³/mol. The minimum Gasteiger partial charge on any atom is -0.336 e. The summed E-state index contributed by atoms with van der Waals surface area (Å²) in [5.74, 6) is -0.122. The zero-order chi connectivity index (χ0) is 22.2. The van der Waals surface area contributed by atoms with Crippen molar-refractivity contribution in [3.63, 3.8) is 0 Å². The van der Waals surface area contributed by atoms with Gasteiger partial charge in [0, 0.05) is 60.2 Å². The molecule has 0 radical (unpaired) electrons. The van der Waals surface area contributed by atoms with Crippen LogP contribution in [0.5, 0.6) is 0 Å². The number of piperazine rings is 1. The van der Waals surface area contributed by atoms with Crippen LogP contribution in [0, 0.1) is 6.92 Å². The van der Waals surface area contributed by atoms with E-state index < -0.39 is 0 Å². The number of amides is 1. The molecule has 3 aromatic rings. The molecule has 166 valence electrons. The molecule has 5 rings (SSSR count). The van der Waals surface area contributed by atoms with E-state index in [1.165, 1.54) is 10.5 Å². The third-order valence-electron chi connectivity index (χ3n) is 6.49. The molecule has 4 heterocycles. The number of para-hydroxylation sites is 1. The largest absolute Gasteiger partial charge is 0.336 e. The molecular weight excluding hydrogens is 438 g/mol. The summed E-state index contributed by atoms with van der Waals surface area (Å²) in [7, 11) is 0. The van der Waals surface area contributed by atoms with Crippen LogP contribution in [0.2, 0.25) is 0 Å². The van der Waals surface area contributed by atoms with Crippen molar-refractivity contribution in [2.24, 2.45) is 0 Å². The first kappa shape index (κ1) is 21.5. The van der Waals surface area contributed by atoms with Gasteiger partial charge in [-0.1, -0.05) is 19.1 Å². The van der Waals surface area contributed by atoms with Gasteiger partial charge in [0.15, 0.2) is 5.43 Å². The van der Waals surface area contributed by atoms with Crippen LogP contribution < -0.4 is 5.43 Å². The summed E-state index contributed by atoms with van der Waals surface area (Å²) < 4.78 is 2.14. The van der Waals surface area contributed by atoms with E-state index in [-0.39, 0.29) is 16.6 Å². The second kappa shape index (κ2) is 8.89. The van der Waals surface area contributed by atoms with Gasteiger partial charge in [-0.15, -0.1) is 11.8 Å². The lowest BCUT2D eigenvalue weighted by molar-refractivity contribution is 0.0640. The maximum atomic E-state index is 13.7. The molecule has 1 aromatic carbocycles. The Morgan fingerprint density at radius 2 is 1.91 bits per heavy atom. The van der Waals surface area contributed by atoms with Crippen molar-refractivity contribution in [1.82, 2.24) is 14.4 Å². The zero-order valence-corrected chi connectivity index (χ0v) is 20.0. The van der Waals surface area contributed by atoms with E-state index in [4.69, 9.17) is 0 Å². The first-order valence-corrected chi connectivity index (χ1v) is 12.9. The van der Waals surface area contributed by atoms with Crippen LogP contribution in [0.1, 0.15) is 39.5 Å². The van der Waals surface area contributed by atoms with Gasteiger partial charge in [0.1, 0.15) is 5.56 Å². The van der Waals surface area contributed by atoms with Gasteiger partial charge in [0.25, 0.3) is 5.91 Å². The highest BCUT2D eigenvalue weighted by atomic mass is 32.2. The summed E-state index contributed by atoms with van der Waals surface area (Å²) in [6, 6.07) is 12.1. The lowest BCUT2D eigenvalue weighted by Gasteiger charge is -2.34. The van der Waals surface area contributed by atoms with Crippen molar-refractivity contribution < 1.29 is 4.79 Å². The fourth-order valence-corrected chi connectivity index (χ4v) is 6.80. The molecule has 0 spiro atoms. The van der Waals surface area contributed by atoms with E-state index in [0.717, 1.165) is 36.7 Å². The van der Waals surface area contributed by atoms with Crippen LogP contribution in [-0.2, 0) is 6.42 Å². The van der Waals surface area contributed by atoms with Crippen LogP contribution in [0.3, 0.4) is 0 Å². The molecule has 1 unspecified atom stereocenters. The highest BCUT2D eigenvalue weighted by molar-refractivity contribution is 7.99. The number of hydrogen-bond donors (Lipinski definition) is 0. The number of fused-ring (bicyclic) bond motifs is 3. The Hall–Kier alpha value is -2.35. The van der Waals surface area contributed by atoms with E-state index in [2.05, 4.69) is 51.4 Å².